The van der Waals surface area contributed by atoms with Crippen LogP contribution in [0.1, 0.15) is 31.2 Å². The summed E-state index contributed by atoms with van der Waals surface area (Å²) in [6.07, 6.45) is 4.09. The second-order valence-electron chi connectivity index (χ2n) is 6.25. The molecule has 3 N–H and O–H groups in total. The van der Waals surface area contributed by atoms with E-state index in [2.05, 4.69) is 20.7 Å². The highest BCUT2D eigenvalue weighted by atomic mass is 35.5. The summed E-state index contributed by atoms with van der Waals surface area (Å²) in [5.41, 5.74) is 7.64. The average Bonchev–Trinajstić information content (AvgIpc) is 3.18. The van der Waals surface area contributed by atoms with Crippen LogP contribution in [0.2, 0.25) is 0 Å². The minimum atomic E-state index is -0.253. The summed E-state index contributed by atoms with van der Waals surface area (Å²) in [5, 5.41) is 15.3. The normalized spacial score (nSPS) is 15.8. The Kier molecular flexibility index (Phi) is 5.90. The molecule has 3 rings (SSSR count). The van der Waals surface area contributed by atoms with Crippen LogP contribution < -0.4 is 11.1 Å². The molecule has 130 valence electrons. The summed E-state index contributed by atoms with van der Waals surface area (Å²) in [7, 11) is 0. The molecular formula is C16H23ClN6O. The van der Waals surface area contributed by atoms with E-state index in [0.717, 1.165) is 31.2 Å². The molecule has 7 nitrogen and oxygen atoms in total. The number of nitrogens with two attached hydrogens (primary N) is 1. The highest BCUT2D eigenvalue weighted by molar-refractivity contribution is 5.85. The van der Waals surface area contributed by atoms with Gasteiger partial charge in [0.1, 0.15) is 6.54 Å². The molecule has 0 unspecified atom stereocenters. The van der Waals surface area contributed by atoms with Crippen molar-refractivity contribution in [2.24, 2.45) is 5.73 Å². The highest BCUT2D eigenvalue weighted by Crippen LogP contribution is 2.28. The molecule has 0 spiro atoms. The van der Waals surface area contributed by atoms with E-state index in [1.54, 1.807) is 0 Å². The fourth-order valence-corrected chi connectivity index (χ4v) is 3.02. The number of rotatable bonds is 5. The molecule has 0 bridgehead atoms. The Morgan fingerprint density at radius 3 is 2.58 bits per heavy atom. The predicted molar refractivity (Wildman–Crippen MR) is 93.6 cm³/mol. The number of hydrogen-bond donors (Lipinski definition) is 2. The van der Waals surface area contributed by atoms with Crippen LogP contribution in [0.5, 0.6) is 0 Å². The Morgan fingerprint density at radius 2 is 1.96 bits per heavy atom. The Labute approximate surface area is 147 Å². The molecule has 1 amide bonds. The summed E-state index contributed by atoms with van der Waals surface area (Å²) in [4.78, 5) is 13.6. The number of nitrogens with zero attached hydrogens (tertiary/aromatic N) is 4. The zero-order valence-corrected chi connectivity index (χ0v) is 14.6. The minimum absolute atomic E-state index is 0. The molecule has 0 atom stereocenters. The van der Waals surface area contributed by atoms with Crippen LogP contribution in [-0.2, 0) is 11.3 Å². The quantitative estimate of drug-likeness (QED) is 0.850. The van der Waals surface area contributed by atoms with Crippen molar-refractivity contribution in [1.82, 2.24) is 25.5 Å². The van der Waals surface area contributed by atoms with E-state index in [1.165, 1.54) is 10.4 Å². The van der Waals surface area contributed by atoms with Gasteiger partial charge in [0.05, 0.1) is 5.54 Å². The van der Waals surface area contributed by atoms with Gasteiger partial charge >= 0.3 is 0 Å². The molecule has 1 aromatic heterocycles. The number of amides is 1. The first kappa shape index (κ1) is 18.4. The second-order valence-corrected chi connectivity index (χ2v) is 6.25. The van der Waals surface area contributed by atoms with Crippen molar-refractivity contribution < 1.29 is 4.79 Å². The van der Waals surface area contributed by atoms with Crippen molar-refractivity contribution in [3.05, 3.63) is 29.8 Å². The monoisotopic (exact) mass is 350 g/mol. The van der Waals surface area contributed by atoms with Gasteiger partial charge in [0.2, 0.25) is 11.7 Å². The average molecular weight is 351 g/mol. The molecule has 0 radical (unpaired) electrons. The molecule has 1 saturated carbocycles. The first-order valence-electron chi connectivity index (χ1n) is 7.96. The van der Waals surface area contributed by atoms with Gasteiger partial charge in [-0.05, 0) is 25.0 Å². The largest absolute Gasteiger partial charge is 0.348 e. The minimum Gasteiger partial charge on any atom is -0.348 e. The fraction of sp³-hybridized carbons (Fsp3) is 0.500. The van der Waals surface area contributed by atoms with Gasteiger partial charge in [0, 0.05) is 12.1 Å². The van der Waals surface area contributed by atoms with Gasteiger partial charge in [-0.1, -0.05) is 42.7 Å². The lowest BCUT2D eigenvalue weighted by atomic mass is 9.98. The third kappa shape index (κ3) is 4.10. The Hall–Kier alpha value is -1.99. The maximum atomic E-state index is 12.2. The van der Waals surface area contributed by atoms with Crippen LogP contribution in [-0.4, -0.2) is 38.2 Å². The predicted octanol–water partition coefficient (Wildman–Crippen LogP) is 1.46. The third-order valence-corrected chi connectivity index (χ3v) is 4.40. The number of aromatic nitrogens is 4. The van der Waals surface area contributed by atoms with E-state index in [4.69, 9.17) is 5.73 Å². The van der Waals surface area contributed by atoms with Crippen molar-refractivity contribution in [3.63, 3.8) is 0 Å². The van der Waals surface area contributed by atoms with Gasteiger partial charge in [-0.25, -0.2) is 0 Å². The smallest absolute Gasteiger partial charge is 0.244 e. The first-order chi connectivity index (χ1) is 11.1. The Bertz CT molecular complexity index is 678. The third-order valence-electron chi connectivity index (χ3n) is 4.40. The van der Waals surface area contributed by atoms with Gasteiger partial charge in [0.15, 0.2) is 0 Å². The molecule has 8 heteroatoms. The summed E-state index contributed by atoms with van der Waals surface area (Å²) < 4.78 is 0. The van der Waals surface area contributed by atoms with Crippen molar-refractivity contribution in [1.29, 1.82) is 0 Å². The number of benzene rings is 1. The van der Waals surface area contributed by atoms with Crippen LogP contribution in [0.4, 0.5) is 0 Å². The van der Waals surface area contributed by atoms with E-state index in [0.29, 0.717) is 12.4 Å². The molecule has 1 aliphatic carbocycles. The lowest BCUT2D eigenvalue weighted by Crippen LogP contribution is -2.52. The van der Waals surface area contributed by atoms with Crippen LogP contribution in [0.3, 0.4) is 0 Å². The lowest BCUT2D eigenvalue weighted by Gasteiger charge is -2.28. The van der Waals surface area contributed by atoms with Crippen molar-refractivity contribution in [2.75, 3.05) is 6.54 Å². The van der Waals surface area contributed by atoms with Crippen LogP contribution in [0, 0.1) is 6.92 Å². The summed E-state index contributed by atoms with van der Waals surface area (Å²) in [6, 6.07) is 7.87. The van der Waals surface area contributed by atoms with Gasteiger partial charge in [0.25, 0.3) is 0 Å². The van der Waals surface area contributed by atoms with Crippen LogP contribution >= 0.6 is 12.4 Å². The molecule has 1 fully saturated rings. The van der Waals surface area contributed by atoms with E-state index in [1.807, 2.05) is 31.2 Å². The molecular weight excluding hydrogens is 328 g/mol. The second kappa shape index (κ2) is 7.72. The topological polar surface area (TPSA) is 98.7 Å². The van der Waals surface area contributed by atoms with Gasteiger partial charge in [-0.2, -0.15) is 4.80 Å². The number of aryl methyl sites for hydroxylation is 1. The molecule has 0 saturated heterocycles. The molecule has 0 aliphatic heterocycles. The highest BCUT2D eigenvalue weighted by Gasteiger charge is 2.33. The summed E-state index contributed by atoms with van der Waals surface area (Å²) in [5.74, 6) is 0.400. The fourth-order valence-electron chi connectivity index (χ4n) is 3.02. The van der Waals surface area contributed by atoms with E-state index in [-0.39, 0.29) is 30.4 Å². The number of halogens is 1. The van der Waals surface area contributed by atoms with Crippen molar-refractivity contribution >= 4 is 18.3 Å². The van der Waals surface area contributed by atoms with Crippen molar-refractivity contribution in [3.8, 4) is 11.4 Å². The summed E-state index contributed by atoms with van der Waals surface area (Å²) >= 11 is 0. The molecule has 2 aromatic rings. The number of tetrazole rings is 1. The van der Waals surface area contributed by atoms with E-state index >= 15 is 0 Å². The van der Waals surface area contributed by atoms with Gasteiger partial charge in [-0.15, -0.1) is 22.6 Å². The van der Waals surface area contributed by atoms with E-state index < -0.39 is 0 Å². The number of carbonyl (C=O) groups excluding carboxylic acids is 1. The van der Waals surface area contributed by atoms with Crippen molar-refractivity contribution in [2.45, 2.75) is 44.7 Å². The zero-order valence-electron chi connectivity index (χ0n) is 13.7. The maximum absolute atomic E-state index is 12.2. The number of carbonyl (C=O) groups is 1. The van der Waals surface area contributed by atoms with Crippen LogP contribution in [0.25, 0.3) is 11.4 Å². The zero-order chi connectivity index (χ0) is 16.3. The maximum Gasteiger partial charge on any atom is 0.244 e. The van der Waals surface area contributed by atoms with E-state index in [9.17, 15) is 4.79 Å². The first-order valence-corrected chi connectivity index (χ1v) is 7.96. The number of nitrogens with one attached hydrogen (secondary N) is 1. The Balaban J connectivity index is 0.00000208. The molecule has 24 heavy (non-hydrogen) atoms. The molecule has 1 aliphatic rings. The summed E-state index contributed by atoms with van der Waals surface area (Å²) in [6.45, 7) is 2.55. The van der Waals surface area contributed by atoms with Crippen LogP contribution in [0.15, 0.2) is 24.3 Å². The van der Waals surface area contributed by atoms with Gasteiger partial charge < -0.3 is 11.1 Å². The Morgan fingerprint density at radius 1 is 1.29 bits per heavy atom. The number of hydrogen-bond acceptors (Lipinski definition) is 5. The SMILES string of the molecule is Cc1ccc(-c2nnn(CC(=O)NC3(CN)CCCC3)n2)cc1.Cl. The van der Waals surface area contributed by atoms with Gasteiger partial charge in [-0.3, -0.25) is 4.79 Å². The standard InChI is InChI=1S/C16H22N6O.ClH/c1-12-4-6-13(7-5-12)15-19-21-22(20-15)10-14(23)18-16(11-17)8-2-3-9-16;/h4-7H,2-3,8-11,17H2,1H3,(H,18,23);1H. The molecule has 1 heterocycles. The lowest BCUT2D eigenvalue weighted by molar-refractivity contribution is -0.123. The molecule has 1 aromatic carbocycles.